The van der Waals surface area contributed by atoms with E-state index in [1.807, 2.05) is 48.5 Å². The fourth-order valence-corrected chi connectivity index (χ4v) is 4.78. The number of alkyl carbamates (subject to hydrolysis) is 1. The Morgan fingerprint density at radius 3 is 2.12 bits per heavy atom. The van der Waals surface area contributed by atoms with Crippen molar-refractivity contribution < 1.29 is 33.0 Å². The van der Waals surface area contributed by atoms with Gasteiger partial charge in [0, 0.05) is 12.3 Å². The molecule has 2 aromatic rings. The normalized spacial score (nSPS) is 16.7. The highest BCUT2D eigenvalue weighted by Gasteiger charge is 2.42. The van der Waals surface area contributed by atoms with E-state index in [1.54, 1.807) is 0 Å². The van der Waals surface area contributed by atoms with Gasteiger partial charge in [-0.25, -0.2) is 13.6 Å². The van der Waals surface area contributed by atoms with Crippen molar-refractivity contribution in [3.63, 3.8) is 0 Å². The Labute approximate surface area is 195 Å². The summed E-state index contributed by atoms with van der Waals surface area (Å²) in [6.07, 6.45) is -3.42. The van der Waals surface area contributed by atoms with Crippen LogP contribution in [0.15, 0.2) is 48.5 Å². The molecule has 1 unspecified atom stereocenters. The largest absolute Gasteiger partial charge is 0.481 e. The summed E-state index contributed by atoms with van der Waals surface area (Å²) in [5, 5.41) is 13.9. The summed E-state index contributed by atoms with van der Waals surface area (Å²) in [7, 11) is 0. The molecule has 0 spiro atoms. The van der Waals surface area contributed by atoms with E-state index in [1.165, 1.54) is 0 Å². The van der Waals surface area contributed by atoms with Crippen molar-refractivity contribution in [2.45, 2.75) is 56.0 Å². The molecule has 9 heteroatoms. The summed E-state index contributed by atoms with van der Waals surface area (Å²) in [5.41, 5.74) is 3.13. The Bertz CT molecular complexity index is 1040. The topological polar surface area (TPSA) is 105 Å². The zero-order valence-corrected chi connectivity index (χ0v) is 18.4. The molecule has 1 saturated carbocycles. The van der Waals surface area contributed by atoms with E-state index in [0.717, 1.165) is 28.7 Å². The zero-order chi connectivity index (χ0) is 24.3. The van der Waals surface area contributed by atoms with Gasteiger partial charge in [0.2, 0.25) is 12.3 Å². The molecule has 0 aromatic heterocycles. The summed E-state index contributed by atoms with van der Waals surface area (Å²) >= 11 is 0. The lowest BCUT2D eigenvalue weighted by Crippen LogP contribution is -2.59. The molecule has 34 heavy (non-hydrogen) atoms. The van der Waals surface area contributed by atoms with Crippen LogP contribution in [0, 0.1) is 0 Å². The molecular formula is C25H26F2N2O5. The van der Waals surface area contributed by atoms with Crippen LogP contribution < -0.4 is 10.6 Å². The number of amides is 2. The second-order valence-electron chi connectivity index (χ2n) is 8.84. The average molecular weight is 472 g/mol. The number of ether oxygens (including phenoxy) is 1. The molecule has 2 amide bonds. The van der Waals surface area contributed by atoms with Crippen LogP contribution >= 0.6 is 0 Å². The number of alkyl halides is 2. The van der Waals surface area contributed by atoms with Gasteiger partial charge in [0.25, 0.3) is 0 Å². The predicted octanol–water partition coefficient (Wildman–Crippen LogP) is 4.06. The number of halogens is 2. The molecule has 3 N–H and O–H groups in total. The Hall–Kier alpha value is -3.49. The third-order valence-electron chi connectivity index (χ3n) is 6.55. The maximum atomic E-state index is 13.1. The molecule has 4 rings (SSSR count). The van der Waals surface area contributed by atoms with Gasteiger partial charge in [0.1, 0.15) is 12.6 Å². The molecule has 1 fully saturated rings. The minimum atomic E-state index is -2.85. The second kappa shape index (κ2) is 9.79. The Balaban J connectivity index is 1.41. The minimum Gasteiger partial charge on any atom is -0.481 e. The zero-order valence-electron chi connectivity index (χ0n) is 18.4. The quantitative estimate of drug-likeness (QED) is 0.511. The first-order chi connectivity index (χ1) is 16.3. The SMILES string of the molecule is O=C(O)CC1(NC(=O)C(CC(F)F)NC(=O)OCC2c3ccccc3-c3ccccc32)CCC1. The smallest absolute Gasteiger partial charge is 0.407 e. The van der Waals surface area contributed by atoms with Gasteiger partial charge in [-0.1, -0.05) is 48.5 Å². The van der Waals surface area contributed by atoms with Crippen molar-refractivity contribution >= 4 is 18.0 Å². The number of benzene rings is 2. The average Bonchev–Trinajstić information content (AvgIpc) is 3.09. The first-order valence-corrected chi connectivity index (χ1v) is 11.2. The number of rotatable bonds is 9. The van der Waals surface area contributed by atoms with Gasteiger partial charge >= 0.3 is 12.1 Å². The number of aliphatic carboxylic acids is 1. The molecule has 0 saturated heterocycles. The molecule has 0 radical (unpaired) electrons. The minimum absolute atomic E-state index is 0.0220. The molecule has 2 aliphatic carbocycles. The first-order valence-electron chi connectivity index (χ1n) is 11.2. The van der Waals surface area contributed by atoms with Crippen molar-refractivity contribution in [2.75, 3.05) is 6.61 Å². The summed E-state index contributed by atoms with van der Waals surface area (Å²) in [4.78, 5) is 36.3. The fourth-order valence-electron chi connectivity index (χ4n) is 4.78. The Morgan fingerprint density at radius 1 is 1.03 bits per heavy atom. The van der Waals surface area contributed by atoms with Crippen LogP contribution in [0.5, 0.6) is 0 Å². The highest BCUT2D eigenvalue weighted by molar-refractivity contribution is 5.87. The number of carboxylic acid groups (broad SMARTS) is 1. The van der Waals surface area contributed by atoms with E-state index in [-0.39, 0.29) is 18.9 Å². The van der Waals surface area contributed by atoms with Gasteiger partial charge in [-0.2, -0.15) is 0 Å². The molecule has 180 valence electrons. The Kier molecular flexibility index (Phi) is 6.81. The van der Waals surface area contributed by atoms with Crippen LogP contribution in [-0.2, 0) is 14.3 Å². The van der Waals surface area contributed by atoms with Crippen LogP contribution in [0.1, 0.15) is 49.1 Å². The van der Waals surface area contributed by atoms with E-state index in [4.69, 9.17) is 9.84 Å². The summed E-state index contributed by atoms with van der Waals surface area (Å²) < 4.78 is 31.6. The molecule has 0 heterocycles. The molecule has 2 aliphatic rings. The molecule has 0 bridgehead atoms. The predicted molar refractivity (Wildman–Crippen MR) is 120 cm³/mol. The van der Waals surface area contributed by atoms with Gasteiger partial charge in [0.05, 0.1) is 12.0 Å². The molecule has 7 nitrogen and oxygen atoms in total. The molecular weight excluding hydrogens is 446 g/mol. The summed E-state index contributed by atoms with van der Waals surface area (Å²) in [6.45, 7) is -0.0220. The summed E-state index contributed by atoms with van der Waals surface area (Å²) in [5.74, 6) is -2.14. The van der Waals surface area contributed by atoms with Crippen molar-refractivity contribution in [1.82, 2.24) is 10.6 Å². The van der Waals surface area contributed by atoms with E-state index in [0.29, 0.717) is 12.8 Å². The number of carboxylic acids is 1. The number of hydrogen-bond donors (Lipinski definition) is 3. The lowest BCUT2D eigenvalue weighted by atomic mass is 9.74. The van der Waals surface area contributed by atoms with Gasteiger partial charge in [0.15, 0.2) is 0 Å². The van der Waals surface area contributed by atoms with E-state index >= 15 is 0 Å². The van der Waals surface area contributed by atoms with E-state index in [9.17, 15) is 23.2 Å². The summed E-state index contributed by atoms with van der Waals surface area (Å²) in [6, 6.07) is 14.0. The van der Waals surface area contributed by atoms with E-state index in [2.05, 4.69) is 10.6 Å². The lowest BCUT2D eigenvalue weighted by Gasteiger charge is -2.42. The van der Waals surface area contributed by atoms with Crippen molar-refractivity contribution in [1.29, 1.82) is 0 Å². The highest BCUT2D eigenvalue weighted by atomic mass is 19.3. The van der Waals surface area contributed by atoms with Gasteiger partial charge in [-0.15, -0.1) is 0 Å². The maximum absolute atomic E-state index is 13.1. The lowest BCUT2D eigenvalue weighted by molar-refractivity contribution is -0.140. The third kappa shape index (κ3) is 5.03. The fraction of sp³-hybridized carbons (Fsp3) is 0.400. The number of hydrogen-bond acceptors (Lipinski definition) is 4. The third-order valence-corrected chi connectivity index (χ3v) is 6.55. The van der Waals surface area contributed by atoms with Gasteiger partial charge in [-0.05, 0) is 41.5 Å². The van der Waals surface area contributed by atoms with Gasteiger partial charge < -0.3 is 20.5 Å². The number of fused-ring (bicyclic) bond motifs is 3. The van der Waals surface area contributed by atoms with Crippen LogP contribution in [0.25, 0.3) is 11.1 Å². The molecule has 0 aliphatic heterocycles. The van der Waals surface area contributed by atoms with Crippen LogP contribution in [0.4, 0.5) is 13.6 Å². The number of nitrogens with one attached hydrogen (secondary N) is 2. The van der Waals surface area contributed by atoms with Crippen molar-refractivity contribution in [3.05, 3.63) is 59.7 Å². The molecule has 2 aromatic carbocycles. The van der Waals surface area contributed by atoms with E-state index < -0.39 is 42.4 Å². The standard InChI is InChI=1S/C25H26F2N2O5/c26-21(27)12-20(23(32)29-25(10-5-11-25)13-22(30)31)28-24(33)34-14-19-17-8-3-1-6-15(17)16-7-2-4-9-18(16)19/h1-4,6-9,19-21H,5,10-14H2,(H,28,33)(H,29,32)(H,30,31). The van der Waals surface area contributed by atoms with Crippen LogP contribution in [-0.4, -0.2) is 47.7 Å². The van der Waals surface area contributed by atoms with Crippen molar-refractivity contribution in [3.8, 4) is 11.1 Å². The maximum Gasteiger partial charge on any atom is 0.407 e. The number of carbonyl (C=O) groups excluding carboxylic acids is 2. The van der Waals surface area contributed by atoms with Crippen LogP contribution in [0.3, 0.4) is 0 Å². The number of carbonyl (C=O) groups is 3. The monoisotopic (exact) mass is 472 g/mol. The highest BCUT2D eigenvalue weighted by Crippen LogP contribution is 2.44. The Morgan fingerprint density at radius 2 is 1.62 bits per heavy atom. The molecule has 1 atom stereocenters. The second-order valence-corrected chi connectivity index (χ2v) is 8.84. The first kappa shape index (κ1) is 23.7. The van der Waals surface area contributed by atoms with Gasteiger partial charge in [-0.3, -0.25) is 9.59 Å². The van der Waals surface area contributed by atoms with Crippen LogP contribution in [0.2, 0.25) is 0 Å². The van der Waals surface area contributed by atoms with Crippen molar-refractivity contribution in [2.24, 2.45) is 0 Å².